The summed E-state index contributed by atoms with van der Waals surface area (Å²) in [5.41, 5.74) is 0.828. The number of amides is 2. The number of rotatable bonds is 8. The summed E-state index contributed by atoms with van der Waals surface area (Å²) in [5, 5.41) is 11.5. The Labute approximate surface area is 155 Å². The van der Waals surface area contributed by atoms with Crippen LogP contribution in [0.1, 0.15) is 17.7 Å². The molecule has 3 rings (SSSR count). The van der Waals surface area contributed by atoms with Crippen LogP contribution in [0.25, 0.3) is 0 Å². The average molecular weight is 372 g/mol. The Morgan fingerprint density at radius 3 is 2.63 bits per heavy atom. The molecule has 2 heterocycles. The molecular weight excluding hydrogens is 352 g/mol. The van der Waals surface area contributed by atoms with Gasteiger partial charge < -0.3 is 24.5 Å². The molecule has 1 aliphatic rings. The van der Waals surface area contributed by atoms with Gasteiger partial charge in [-0.1, -0.05) is 30.3 Å². The molecule has 0 radical (unpaired) electrons. The van der Waals surface area contributed by atoms with E-state index in [-0.39, 0.29) is 6.61 Å². The normalized spacial score (nSPS) is 18.7. The third-order valence-corrected chi connectivity index (χ3v) is 4.39. The fraction of sp³-hybridized carbons (Fsp3) is 0.316. The Hall–Kier alpha value is -3.29. The maximum Gasteiger partial charge on any atom is 0.408 e. The smallest absolute Gasteiger partial charge is 0.408 e. The fourth-order valence-corrected chi connectivity index (χ4v) is 3.06. The Morgan fingerprint density at radius 2 is 1.96 bits per heavy atom. The second-order valence-electron chi connectivity index (χ2n) is 6.23. The van der Waals surface area contributed by atoms with Gasteiger partial charge in [0.15, 0.2) is 0 Å². The number of carbonyl (C=O) groups excluding carboxylic acids is 2. The van der Waals surface area contributed by atoms with E-state index in [9.17, 15) is 14.4 Å². The molecule has 1 aromatic heterocycles. The molecule has 8 nitrogen and oxygen atoms in total. The number of furan rings is 1. The summed E-state index contributed by atoms with van der Waals surface area (Å²) in [4.78, 5) is 36.5. The maximum atomic E-state index is 12.2. The molecule has 1 aromatic carbocycles. The summed E-state index contributed by atoms with van der Waals surface area (Å²) >= 11 is 0. The van der Waals surface area contributed by atoms with Crippen molar-refractivity contribution in [2.24, 2.45) is 0 Å². The van der Waals surface area contributed by atoms with Crippen molar-refractivity contribution in [2.75, 3.05) is 6.54 Å². The van der Waals surface area contributed by atoms with Crippen molar-refractivity contribution in [3.8, 4) is 0 Å². The largest absolute Gasteiger partial charge is 0.480 e. The summed E-state index contributed by atoms with van der Waals surface area (Å²) in [6.07, 6.45) is 1.83. The zero-order chi connectivity index (χ0) is 19.2. The van der Waals surface area contributed by atoms with Gasteiger partial charge in [0.05, 0.1) is 12.3 Å². The highest BCUT2D eigenvalue weighted by molar-refractivity contribution is 5.94. The first-order valence-corrected chi connectivity index (χ1v) is 8.56. The van der Waals surface area contributed by atoms with Crippen LogP contribution >= 0.6 is 0 Å². The Kier molecular flexibility index (Phi) is 5.75. The summed E-state index contributed by atoms with van der Waals surface area (Å²) < 4.78 is 10.4. The number of nitrogens with one attached hydrogen (secondary N) is 1. The van der Waals surface area contributed by atoms with Crippen molar-refractivity contribution in [3.63, 3.8) is 0 Å². The Bertz CT molecular complexity index is 790. The van der Waals surface area contributed by atoms with Crippen LogP contribution in [0.3, 0.4) is 0 Å². The highest BCUT2D eigenvalue weighted by Gasteiger charge is 2.48. The van der Waals surface area contributed by atoms with Gasteiger partial charge in [0, 0.05) is 6.42 Å². The number of ether oxygens (including phenoxy) is 1. The zero-order valence-corrected chi connectivity index (χ0v) is 14.5. The number of benzene rings is 1. The monoisotopic (exact) mass is 372 g/mol. The first kappa shape index (κ1) is 18.5. The quantitative estimate of drug-likeness (QED) is 0.684. The van der Waals surface area contributed by atoms with Gasteiger partial charge in [-0.05, 0) is 24.1 Å². The number of hydrogen-bond donors (Lipinski definition) is 2. The predicted octanol–water partition coefficient (Wildman–Crippen LogP) is 1.80. The summed E-state index contributed by atoms with van der Waals surface area (Å²) in [5.74, 6) is -0.801. The van der Waals surface area contributed by atoms with Crippen molar-refractivity contribution in [3.05, 3.63) is 60.1 Å². The van der Waals surface area contributed by atoms with Crippen LogP contribution in [0.4, 0.5) is 4.79 Å². The van der Waals surface area contributed by atoms with Crippen molar-refractivity contribution in [2.45, 2.75) is 31.5 Å². The highest BCUT2D eigenvalue weighted by atomic mass is 16.5. The summed E-state index contributed by atoms with van der Waals surface area (Å²) in [6, 6.07) is 11.5. The summed E-state index contributed by atoms with van der Waals surface area (Å²) in [6.45, 7) is -0.317. The number of carboxylic acids is 1. The van der Waals surface area contributed by atoms with Gasteiger partial charge in [-0.2, -0.15) is 0 Å². The van der Waals surface area contributed by atoms with Crippen molar-refractivity contribution >= 4 is 18.0 Å². The third-order valence-electron chi connectivity index (χ3n) is 4.39. The molecule has 0 unspecified atom stereocenters. The van der Waals surface area contributed by atoms with Gasteiger partial charge in [0.1, 0.15) is 25.0 Å². The van der Waals surface area contributed by atoms with Gasteiger partial charge in [0.25, 0.3) is 0 Å². The van der Waals surface area contributed by atoms with Gasteiger partial charge in [-0.3, -0.25) is 9.59 Å². The van der Waals surface area contributed by atoms with Crippen LogP contribution in [0.2, 0.25) is 0 Å². The number of carboxylic acid groups (broad SMARTS) is 1. The van der Waals surface area contributed by atoms with E-state index in [0.717, 1.165) is 11.3 Å². The Balaban J connectivity index is 1.56. The molecule has 2 aromatic rings. The third kappa shape index (κ3) is 4.66. The van der Waals surface area contributed by atoms with Crippen LogP contribution in [0.15, 0.2) is 53.1 Å². The maximum absolute atomic E-state index is 12.2. The van der Waals surface area contributed by atoms with E-state index in [1.807, 2.05) is 30.3 Å². The van der Waals surface area contributed by atoms with E-state index in [2.05, 4.69) is 5.32 Å². The molecule has 0 saturated carbocycles. The number of hydrogen-bond acceptors (Lipinski definition) is 5. The van der Waals surface area contributed by atoms with Crippen LogP contribution in [0, 0.1) is 0 Å². The number of alkyl carbamates (subject to hydrolysis) is 1. The minimum absolute atomic E-state index is 0.0868. The molecule has 8 heteroatoms. The topological polar surface area (TPSA) is 109 Å². The molecule has 27 heavy (non-hydrogen) atoms. The van der Waals surface area contributed by atoms with Crippen LogP contribution < -0.4 is 5.32 Å². The predicted molar refractivity (Wildman–Crippen MR) is 93.7 cm³/mol. The van der Waals surface area contributed by atoms with Gasteiger partial charge in [-0.15, -0.1) is 0 Å². The van der Waals surface area contributed by atoms with E-state index >= 15 is 0 Å². The number of aryl methyl sites for hydroxylation is 1. The molecule has 2 N–H and O–H groups in total. The van der Waals surface area contributed by atoms with Gasteiger partial charge in [-0.25, -0.2) is 4.79 Å². The lowest BCUT2D eigenvalue weighted by atomic mass is 9.90. The fourth-order valence-electron chi connectivity index (χ4n) is 3.06. The molecule has 2 amide bonds. The summed E-state index contributed by atoms with van der Waals surface area (Å²) in [7, 11) is 0. The molecular formula is C19H20N2O6. The van der Waals surface area contributed by atoms with E-state index in [0.29, 0.717) is 12.8 Å². The molecule has 1 aliphatic heterocycles. The van der Waals surface area contributed by atoms with Crippen molar-refractivity contribution in [1.29, 1.82) is 0 Å². The lowest BCUT2D eigenvalue weighted by Gasteiger charge is -2.46. The number of likely N-dealkylation sites (tertiary alicyclic amines) is 1. The molecule has 0 bridgehead atoms. The SMILES string of the molecule is O=C(O)CN1C(=O)[C@@H](NC(=O)OCc2ccccc2)[C@H]1CCc1ccco1. The first-order valence-electron chi connectivity index (χ1n) is 8.56. The molecule has 0 spiro atoms. The van der Waals surface area contributed by atoms with Crippen molar-refractivity contribution < 1.29 is 28.6 Å². The number of β-lactam (4-membered cyclic amide) rings is 1. The second-order valence-corrected chi connectivity index (χ2v) is 6.23. The van der Waals surface area contributed by atoms with E-state index in [1.165, 1.54) is 4.90 Å². The lowest BCUT2D eigenvalue weighted by Crippen LogP contribution is -2.71. The average Bonchev–Trinajstić information content (AvgIpc) is 3.18. The molecule has 2 atom stereocenters. The second kappa shape index (κ2) is 8.39. The minimum Gasteiger partial charge on any atom is -0.480 e. The van der Waals surface area contributed by atoms with Crippen LogP contribution in [0.5, 0.6) is 0 Å². The first-order chi connectivity index (χ1) is 13.0. The zero-order valence-electron chi connectivity index (χ0n) is 14.5. The molecule has 1 saturated heterocycles. The molecule has 1 fully saturated rings. The molecule has 0 aliphatic carbocycles. The van der Waals surface area contributed by atoms with E-state index in [4.69, 9.17) is 14.3 Å². The molecule has 142 valence electrons. The van der Waals surface area contributed by atoms with Crippen LogP contribution in [-0.4, -0.2) is 46.6 Å². The number of nitrogens with zero attached hydrogens (tertiary/aromatic N) is 1. The van der Waals surface area contributed by atoms with E-state index in [1.54, 1.807) is 18.4 Å². The van der Waals surface area contributed by atoms with Gasteiger partial charge in [0.2, 0.25) is 5.91 Å². The van der Waals surface area contributed by atoms with Crippen molar-refractivity contribution in [1.82, 2.24) is 10.2 Å². The van der Waals surface area contributed by atoms with E-state index < -0.39 is 36.6 Å². The van der Waals surface area contributed by atoms with Gasteiger partial charge >= 0.3 is 12.1 Å². The standard InChI is InChI=1S/C19H20N2O6/c22-16(23)11-21-15(9-8-14-7-4-10-26-14)17(18(21)24)20-19(25)27-12-13-5-2-1-3-6-13/h1-7,10,15,17H,8-9,11-12H2,(H,20,25)(H,22,23)/t15-,17+/m1/s1. The minimum atomic E-state index is -1.10. The lowest BCUT2D eigenvalue weighted by molar-refractivity contribution is -0.158. The highest BCUT2D eigenvalue weighted by Crippen LogP contribution is 2.25. The van der Waals surface area contributed by atoms with Crippen LogP contribution in [-0.2, 0) is 27.4 Å². The number of carbonyl (C=O) groups is 3. The Morgan fingerprint density at radius 1 is 1.19 bits per heavy atom. The number of aliphatic carboxylic acids is 1.